The van der Waals surface area contributed by atoms with E-state index in [4.69, 9.17) is 0 Å². The molecule has 0 radical (unpaired) electrons. The first-order chi connectivity index (χ1) is 15.8. The molecule has 2 aliphatic rings. The van der Waals surface area contributed by atoms with Gasteiger partial charge >= 0.3 is 0 Å². The first-order valence-corrected chi connectivity index (χ1v) is 11.1. The van der Waals surface area contributed by atoms with Crippen molar-refractivity contribution in [1.29, 1.82) is 5.26 Å². The van der Waals surface area contributed by atoms with Crippen molar-refractivity contribution in [3.05, 3.63) is 108 Å². The quantitative estimate of drug-likeness (QED) is 0.489. The van der Waals surface area contributed by atoms with Crippen LogP contribution in [-0.4, -0.2) is 47.5 Å². The average Bonchev–Trinajstić information content (AvgIpc) is 3.51. The number of benzene rings is 3. The molecular weight excluding hydrogens is 396 g/mol. The molecule has 5 rings (SSSR count). The van der Waals surface area contributed by atoms with Crippen molar-refractivity contribution in [3.63, 3.8) is 0 Å². The van der Waals surface area contributed by atoms with Crippen LogP contribution < -0.4 is 5.32 Å². The number of hydrogen-bond acceptors (Lipinski definition) is 4. The van der Waals surface area contributed by atoms with Crippen LogP contribution in [0.5, 0.6) is 0 Å². The fourth-order valence-corrected chi connectivity index (χ4v) is 5.08. The molecule has 3 atom stereocenters. The van der Waals surface area contributed by atoms with Gasteiger partial charge in [-0.2, -0.15) is 5.26 Å². The van der Waals surface area contributed by atoms with Gasteiger partial charge in [0.25, 0.3) is 0 Å². The fourth-order valence-electron chi connectivity index (χ4n) is 5.08. The van der Waals surface area contributed by atoms with Gasteiger partial charge in [-0.15, -0.1) is 0 Å². The highest BCUT2D eigenvalue weighted by Crippen LogP contribution is 2.48. The second-order valence-electron chi connectivity index (χ2n) is 8.41. The molecule has 3 aromatic rings. The van der Waals surface area contributed by atoms with Crippen molar-refractivity contribution < 1.29 is 4.79 Å². The summed E-state index contributed by atoms with van der Waals surface area (Å²) >= 11 is 0. The van der Waals surface area contributed by atoms with Crippen LogP contribution in [0.3, 0.4) is 0 Å². The summed E-state index contributed by atoms with van der Waals surface area (Å²) in [6.07, 6.45) is 0.354. The average molecular weight is 423 g/mol. The van der Waals surface area contributed by atoms with Crippen LogP contribution in [0.15, 0.2) is 91.0 Å². The molecule has 3 unspecified atom stereocenters. The first kappa shape index (κ1) is 20.4. The Bertz CT molecular complexity index is 1010. The molecule has 0 spiro atoms. The van der Waals surface area contributed by atoms with Crippen molar-refractivity contribution in [2.75, 3.05) is 19.8 Å². The van der Waals surface area contributed by atoms with Crippen LogP contribution in [0.1, 0.15) is 23.1 Å². The summed E-state index contributed by atoms with van der Waals surface area (Å²) in [7, 11) is 0. The highest BCUT2D eigenvalue weighted by Gasteiger charge is 2.57. The Kier molecular flexibility index (Phi) is 5.48. The van der Waals surface area contributed by atoms with Gasteiger partial charge in [0.05, 0.1) is 30.7 Å². The van der Waals surface area contributed by atoms with Gasteiger partial charge in [-0.3, -0.25) is 15.0 Å². The van der Waals surface area contributed by atoms with Gasteiger partial charge < -0.3 is 4.90 Å². The second kappa shape index (κ2) is 8.58. The van der Waals surface area contributed by atoms with Gasteiger partial charge in [0.15, 0.2) is 0 Å². The van der Waals surface area contributed by atoms with Gasteiger partial charge in [-0.05, 0) is 16.7 Å². The summed E-state index contributed by atoms with van der Waals surface area (Å²) in [5, 5.41) is 12.4. The third-order valence-corrected chi connectivity index (χ3v) is 6.62. The fraction of sp³-hybridized carbons (Fsp3) is 0.259. The molecule has 2 heterocycles. The first-order valence-electron chi connectivity index (χ1n) is 11.1. The maximum atomic E-state index is 13.6. The normalized spacial score (nSPS) is 22.3. The highest BCUT2D eigenvalue weighted by molar-refractivity contribution is 5.86. The number of nitrogens with one attached hydrogen (secondary N) is 1. The van der Waals surface area contributed by atoms with E-state index in [1.54, 1.807) is 0 Å². The lowest BCUT2D eigenvalue weighted by Crippen LogP contribution is -2.44. The van der Waals surface area contributed by atoms with Crippen LogP contribution in [-0.2, 0) is 10.3 Å². The Morgan fingerprint density at radius 3 is 1.88 bits per heavy atom. The zero-order valence-corrected chi connectivity index (χ0v) is 17.9. The molecule has 5 heteroatoms. The molecular formula is C27H26N4O. The molecule has 1 N–H and O–H groups in total. The number of nitriles is 1. The number of rotatable bonds is 6. The zero-order valence-electron chi connectivity index (χ0n) is 17.9. The number of nitrogens with zero attached hydrogens (tertiary/aromatic N) is 3. The third-order valence-electron chi connectivity index (χ3n) is 6.62. The molecule has 2 saturated heterocycles. The summed E-state index contributed by atoms with van der Waals surface area (Å²) in [5.74, 6) is 0.0995. The van der Waals surface area contributed by atoms with E-state index in [0.29, 0.717) is 26.2 Å². The van der Waals surface area contributed by atoms with E-state index in [1.165, 1.54) is 0 Å². The van der Waals surface area contributed by atoms with Gasteiger partial charge in [0, 0.05) is 13.1 Å². The Hall–Kier alpha value is -3.46. The van der Waals surface area contributed by atoms with E-state index in [-0.39, 0.29) is 18.0 Å². The highest BCUT2D eigenvalue weighted by atomic mass is 16.2. The van der Waals surface area contributed by atoms with Crippen molar-refractivity contribution >= 4 is 5.91 Å². The lowest BCUT2D eigenvalue weighted by molar-refractivity contribution is -0.132. The lowest BCUT2D eigenvalue weighted by Gasteiger charge is -2.38. The van der Waals surface area contributed by atoms with Crippen LogP contribution in [0.25, 0.3) is 0 Å². The van der Waals surface area contributed by atoms with E-state index >= 15 is 0 Å². The van der Waals surface area contributed by atoms with E-state index in [0.717, 1.165) is 16.7 Å². The third kappa shape index (κ3) is 3.38. The van der Waals surface area contributed by atoms with Crippen molar-refractivity contribution in [2.24, 2.45) is 0 Å². The minimum absolute atomic E-state index is 0.0606. The molecule has 0 bridgehead atoms. The maximum absolute atomic E-state index is 13.6. The van der Waals surface area contributed by atoms with Crippen LogP contribution >= 0.6 is 0 Å². The van der Waals surface area contributed by atoms with E-state index < -0.39 is 5.54 Å². The summed E-state index contributed by atoms with van der Waals surface area (Å²) in [6, 6.07) is 33.3. The van der Waals surface area contributed by atoms with Crippen molar-refractivity contribution in [1.82, 2.24) is 15.1 Å². The predicted octanol–water partition coefficient (Wildman–Crippen LogP) is 3.33. The molecule has 0 saturated carbocycles. The van der Waals surface area contributed by atoms with Crippen molar-refractivity contribution in [3.8, 4) is 6.07 Å². The second-order valence-corrected chi connectivity index (χ2v) is 8.41. The van der Waals surface area contributed by atoms with E-state index in [2.05, 4.69) is 89.1 Å². The van der Waals surface area contributed by atoms with Gasteiger partial charge in [-0.25, -0.2) is 0 Å². The summed E-state index contributed by atoms with van der Waals surface area (Å²) < 4.78 is 0. The Morgan fingerprint density at radius 2 is 1.41 bits per heavy atom. The lowest BCUT2D eigenvalue weighted by atomic mass is 9.76. The monoisotopic (exact) mass is 422 g/mol. The molecule has 0 aliphatic carbocycles. The smallest absolute Gasteiger partial charge is 0.242 e. The van der Waals surface area contributed by atoms with Gasteiger partial charge in [0.2, 0.25) is 5.91 Å². The molecule has 3 aromatic carbocycles. The van der Waals surface area contributed by atoms with Gasteiger partial charge in [-0.1, -0.05) is 91.0 Å². The van der Waals surface area contributed by atoms with Gasteiger partial charge in [0.1, 0.15) is 6.04 Å². The molecule has 2 aliphatic heterocycles. The standard InChI is InChI=1S/C27H26N4O/c28-17-16-24-18-29-20-30(24)26(32)25-19-31(25)27(21-10-4-1-5-11-21,22-12-6-2-7-13-22)23-14-8-3-9-15-23/h1-15,24-25,29H,16,18-20H2. The SMILES string of the molecule is N#CCC1CNCN1C(=O)C1CN1C(c1ccccc1)(c1ccccc1)c1ccccc1. The number of amides is 1. The van der Waals surface area contributed by atoms with Crippen LogP contribution in [0, 0.1) is 11.3 Å². The molecule has 32 heavy (non-hydrogen) atoms. The summed E-state index contributed by atoms with van der Waals surface area (Å²) in [6.45, 7) is 1.85. The largest absolute Gasteiger partial charge is 0.323 e. The Morgan fingerprint density at radius 1 is 0.906 bits per heavy atom. The minimum Gasteiger partial charge on any atom is -0.323 e. The molecule has 0 aromatic heterocycles. The van der Waals surface area contributed by atoms with Crippen LogP contribution in [0.4, 0.5) is 0 Å². The summed E-state index contributed by atoms with van der Waals surface area (Å²) in [5.41, 5.74) is 2.85. The maximum Gasteiger partial charge on any atom is 0.242 e. The molecule has 1 amide bonds. The van der Waals surface area contributed by atoms with E-state index in [1.807, 2.05) is 23.1 Å². The van der Waals surface area contributed by atoms with Crippen molar-refractivity contribution in [2.45, 2.75) is 24.0 Å². The topological polar surface area (TPSA) is 59.1 Å². The molecule has 2 fully saturated rings. The molecule has 160 valence electrons. The van der Waals surface area contributed by atoms with E-state index in [9.17, 15) is 10.1 Å². The zero-order chi connectivity index (χ0) is 22.0. The predicted molar refractivity (Wildman–Crippen MR) is 123 cm³/mol. The Labute approximate surface area is 188 Å². The number of hydrogen-bond donors (Lipinski definition) is 1. The summed E-state index contributed by atoms with van der Waals surface area (Å²) in [4.78, 5) is 17.7. The molecule has 5 nitrogen and oxygen atoms in total. The number of carbonyl (C=O) groups is 1. The Balaban J connectivity index is 1.61. The minimum atomic E-state index is -0.567. The van der Waals surface area contributed by atoms with Crippen LogP contribution in [0.2, 0.25) is 0 Å². The number of carbonyl (C=O) groups excluding carboxylic acids is 1.